The zero-order chi connectivity index (χ0) is 15.7. The molecular formula is C12H16N5O3P. The monoisotopic (exact) mass is 309 g/mol. The Hall–Kier alpha value is -1.94. The Labute approximate surface area is 121 Å². The third kappa shape index (κ3) is 4.26. The third-order valence-corrected chi connectivity index (χ3v) is 3.18. The Morgan fingerprint density at radius 2 is 2.19 bits per heavy atom. The van der Waals surface area contributed by atoms with Crippen LogP contribution in [0, 0.1) is 17.0 Å². The van der Waals surface area contributed by atoms with E-state index in [4.69, 9.17) is 10.3 Å². The highest BCUT2D eigenvalue weighted by molar-refractivity contribution is 7.58. The summed E-state index contributed by atoms with van der Waals surface area (Å²) < 4.78 is 16.7. The van der Waals surface area contributed by atoms with E-state index in [0.29, 0.717) is 11.2 Å². The minimum atomic E-state index is -4.00. The number of nitrogens with one attached hydrogen (secondary N) is 1. The zero-order valence-corrected chi connectivity index (χ0v) is 12.8. The molecule has 0 aromatic carbocycles. The van der Waals surface area contributed by atoms with E-state index >= 15 is 0 Å². The predicted molar refractivity (Wildman–Crippen MR) is 78.2 cm³/mol. The van der Waals surface area contributed by atoms with Crippen molar-refractivity contribution in [3.63, 3.8) is 0 Å². The topological polar surface area (TPSA) is 127 Å². The van der Waals surface area contributed by atoms with Gasteiger partial charge in [-0.1, -0.05) is 20.8 Å². The molecule has 9 heteroatoms. The lowest BCUT2D eigenvalue weighted by Gasteiger charge is -2.18. The first-order valence-electron chi connectivity index (χ1n) is 6.13. The number of nitrogens with zero attached hydrogens (tertiary/aromatic N) is 3. The molecule has 8 nitrogen and oxygen atoms in total. The number of nitrogen functional groups attached to an aromatic ring is 1. The van der Waals surface area contributed by atoms with E-state index in [1.165, 1.54) is 6.33 Å². The third-order valence-electron chi connectivity index (χ3n) is 2.31. The Balaban J connectivity index is 2.20. The van der Waals surface area contributed by atoms with E-state index in [2.05, 4.69) is 31.5 Å². The Bertz CT molecular complexity index is 769. The van der Waals surface area contributed by atoms with Crippen LogP contribution in [0.5, 0.6) is 0 Å². The standard InChI is InChI=1S/C12H16N5O3P/c1-12(2,3)6-20-21(18,19)5-4-8-16-9-10(13)14-7-15-11(9)17-8/h7H,6H2,1-3H3,(H,18,19)(H3,13,14,15,16,17). The summed E-state index contributed by atoms with van der Waals surface area (Å²) >= 11 is 0. The number of hydrogen-bond donors (Lipinski definition) is 3. The molecule has 0 aliphatic rings. The lowest BCUT2D eigenvalue weighted by atomic mass is 9.99. The van der Waals surface area contributed by atoms with Crippen LogP contribution >= 0.6 is 7.60 Å². The molecule has 0 amide bonds. The molecular weight excluding hydrogens is 293 g/mol. The summed E-state index contributed by atoms with van der Waals surface area (Å²) in [7, 11) is -4.00. The van der Waals surface area contributed by atoms with Gasteiger partial charge in [0.15, 0.2) is 17.3 Å². The first-order chi connectivity index (χ1) is 9.66. The second-order valence-electron chi connectivity index (χ2n) is 5.63. The largest absolute Gasteiger partial charge is 0.403 e. The molecule has 0 radical (unpaired) electrons. The molecule has 0 aliphatic carbocycles. The molecule has 2 aromatic heterocycles. The molecule has 112 valence electrons. The maximum absolute atomic E-state index is 11.8. The van der Waals surface area contributed by atoms with Gasteiger partial charge in [0.05, 0.1) is 6.61 Å². The van der Waals surface area contributed by atoms with Crippen LogP contribution in [0.25, 0.3) is 11.2 Å². The summed E-state index contributed by atoms with van der Waals surface area (Å²) in [6, 6.07) is 0. The van der Waals surface area contributed by atoms with Gasteiger partial charge in [0.1, 0.15) is 11.8 Å². The van der Waals surface area contributed by atoms with Crippen molar-refractivity contribution in [2.75, 3.05) is 12.3 Å². The first kappa shape index (κ1) is 15.4. The van der Waals surface area contributed by atoms with Gasteiger partial charge < -0.3 is 15.6 Å². The molecule has 21 heavy (non-hydrogen) atoms. The predicted octanol–water partition coefficient (Wildman–Crippen LogP) is 1.49. The van der Waals surface area contributed by atoms with Crippen LogP contribution in [0.3, 0.4) is 0 Å². The normalized spacial score (nSPS) is 14.5. The molecule has 0 aliphatic heterocycles. The van der Waals surface area contributed by atoms with Crippen LogP contribution in [0.2, 0.25) is 0 Å². The second-order valence-corrected chi connectivity index (χ2v) is 7.16. The van der Waals surface area contributed by atoms with Crippen molar-refractivity contribution < 1.29 is 14.0 Å². The second kappa shape index (κ2) is 5.45. The fourth-order valence-corrected chi connectivity index (χ4v) is 2.22. The number of rotatable bonds is 2. The summed E-state index contributed by atoms with van der Waals surface area (Å²) in [5.74, 6) is 2.86. The SMILES string of the molecule is CC(C)(C)COP(=O)(O)C#Cc1nc2ncnc(N)c2[nH]1. The minimum absolute atomic E-state index is 0.119. The van der Waals surface area contributed by atoms with Crippen molar-refractivity contribution in [3.05, 3.63) is 12.2 Å². The van der Waals surface area contributed by atoms with E-state index in [9.17, 15) is 9.46 Å². The van der Waals surface area contributed by atoms with Crippen LogP contribution in [0.1, 0.15) is 26.6 Å². The molecule has 2 rings (SSSR count). The summed E-state index contributed by atoms with van der Waals surface area (Å²) in [5, 5.41) is 0. The maximum atomic E-state index is 11.8. The summed E-state index contributed by atoms with van der Waals surface area (Å²) in [6.45, 7) is 5.79. The van der Waals surface area contributed by atoms with Crippen LogP contribution in [-0.2, 0) is 9.09 Å². The lowest BCUT2D eigenvalue weighted by molar-refractivity contribution is 0.180. The number of aromatic nitrogens is 4. The van der Waals surface area contributed by atoms with E-state index < -0.39 is 7.60 Å². The number of hydrogen-bond acceptors (Lipinski definition) is 6. The average molecular weight is 309 g/mol. The van der Waals surface area contributed by atoms with Crippen LogP contribution in [0.15, 0.2) is 6.33 Å². The number of nitrogens with two attached hydrogens (primary N) is 1. The first-order valence-corrected chi connectivity index (χ1v) is 7.71. The molecule has 0 bridgehead atoms. The van der Waals surface area contributed by atoms with Gasteiger partial charge in [-0.2, -0.15) is 0 Å². The maximum Gasteiger partial charge on any atom is 0.403 e. The van der Waals surface area contributed by atoms with Gasteiger partial charge >= 0.3 is 7.60 Å². The van der Waals surface area contributed by atoms with Crippen molar-refractivity contribution >= 4 is 24.6 Å². The Morgan fingerprint density at radius 3 is 2.81 bits per heavy atom. The molecule has 0 spiro atoms. The van der Waals surface area contributed by atoms with Crippen molar-refractivity contribution in [3.8, 4) is 11.6 Å². The molecule has 2 aromatic rings. The van der Waals surface area contributed by atoms with Crippen molar-refractivity contribution in [2.24, 2.45) is 5.41 Å². The van der Waals surface area contributed by atoms with Crippen LogP contribution in [0.4, 0.5) is 5.82 Å². The fourth-order valence-electron chi connectivity index (χ4n) is 1.34. The average Bonchev–Trinajstić information content (AvgIpc) is 2.78. The molecule has 1 unspecified atom stereocenters. The van der Waals surface area contributed by atoms with Gasteiger partial charge in [-0.15, -0.1) is 0 Å². The van der Waals surface area contributed by atoms with Gasteiger partial charge in [0.25, 0.3) is 0 Å². The highest BCUT2D eigenvalue weighted by Crippen LogP contribution is 2.42. The van der Waals surface area contributed by atoms with Crippen molar-refractivity contribution in [2.45, 2.75) is 20.8 Å². The molecule has 0 saturated carbocycles. The summed E-state index contributed by atoms with van der Waals surface area (Å²) in [5.41, 5.74) is 8.38. The Morgan fingerprint density at radius 1 is 1.48 bits per heavy atom. The highest BCUT2D eigenvalue weighted by atomic mass is 31.2. The minimum Gasteiger partial charge on any atom is -0.382 e. The van der Waals surface area contributed by atoms with Crippen LogP contribution < -0.4 is 5.73 Å². The molecule has 0 fully saturated rings. The zero-order valence-electron chi connectivity index (χ0n) is 11.9. The number of H-pyrrole nitrogens is 1. The van der Waals surface area contributed by atoms with Gasteiger partial charge in [0, 0.05) is 5.66 Å². The Kier molecular flexibility index (Phi) is 4.01. The van der Waals surface area contributed by atoms with Gasteiger partial charge in [-0.3, -0.25) is 4.52 Å². The summed E-state index contributed by atoms with van der Waals surface area (Å²) in [6.07, 6.45) is 1.28. The molecule has 0 saturated heterocycles. The molecule has 4 N–H and O–H groups in total. The number of anilines is 1. The van der Waals surface area contributed by atoms with E-state index in [-0.39, 0.29) is 23.7 Å². The number of aromatic amines is 1. The highest BCUT2D eigenvalue weighted by Gasteiger charge is 2.20. The van der Waals surface area contributed by atoms with E-state index in [0.717, 1.165) is 0 Å². The fraction of sp³-hybridized carbons (Fsp3) is 0.417. The smallest absolute Gasteiger partial charge is 0.382 e. The van der Waals surface area contributed by atoms with Gasteiger partial charge in [-0.25, -0.2) is 19.5 Å². The number of imidazole rings is 1. The van der Waals surface area contributed by atoms with E-state index in [1.54, 1.807) is 0 Å². The number of fused-ring (bicyclic) bond motifs is 1. The quantitative estimate of drug-likeness (QED) is 0.566. The van der Waals surface area contributed by atoms with E-state index in [1.807, 2.05) is 20.8 Å². The summed E-state index contributed by atoms with van der Waals surface area (Å²) in [4.78, 5) is 24.2. The lowest BCUT2D eigenvalue weighted by Crippen LogP contribution is -2.13. The van der Waals surface area contributed by atoms with Gasteiger partial charge in [-0.05, 0) is 11.3 Å². The van der Waals surface area contributed by atoms with Gasteiger partial charge in [0.2, 0.25) is 0 Å². The molecule has 1 atom stereocenters. The van der Waals surface area contributed by atoms with Crippen molar-refractivity contribution in [1.29, 1.82) is 0 Å². The van der Waals surface area contributed by atoms with Crippen molar-refractivity contribution in [1.82, 2.24) is 19.9 Å². The molecule has 2 heterocycles. The van der Waals surface area contributed by atoms with Crippen LogP contribution in [-0.4, -0.2) is 31.4 Å².